The number of nitrogens with one attached hydrogen (secondary N) is 1. The van der Waals surface area contributed by atoms with Crippen molar-refractivity contribution >= 4 is 28.8 Å². The Morgan fingerprint density at radius 1 is 1.12 bits per heavy atom. The quantitative estimate of drug-likeness (QED) is 0.870. The van der Waals surface area contributed by atoms with E-state index in [4.69, 9.17) is 5.73 Å². The first-order valence-electron chi connectivity index (χ1n) is 4.92. The largest absolute Gasteiger partial charge is 0.366 e. The molecule has 0 fully saturated rings. The average molecular weight is 246 g/mol. The molecule has 1 heterocycles. The van der Waals surface area contributed by atoms with Gasteiger partial charge in [0.15, 0.2) is 0 Å². The summed E-state index contributed by atoms with van der Waals surface area (Å²) < 4.78 is 0. The van der Waals surface area contributed by atoms with Crippen molar-refractivity contribution in [3.8, 4) is 0 Å². The fraction of sp³-hybridized carbons (Fsp3) is 0. The molecule has 0 unspecified atom stereocenters. The van der Waals surface area contributed by atoms with E-state index in [1.54, 1.807) is 36.4 Å². The number of hydrogen-bond donors (Lipinski definition) is 2. The van der Waals surface area contributed by atoms with Crippen LogP contribution < -0.4 is 11.1 Å². The molecule has 2 amide bonds. The molecule has 0 aliphatic carbocycles. The first-order valence-corrected chi connectivity index (χ1v) is 5.80. The number of nitrogens with two attached hydrogens (primary N) is 1. The molecule has 0 saturated heterocycles. The van der Waals surface area contributed by atoms with Gasteiger partial charge in [-0.2, -0.15) is 0 Å². The second-order valence-corrected chi connectivity index (χ2v) is 4.29. The van der Waals surface area contributed by atoms with Crippen LogP contribution in [-0.4, -0.2) is 11.8 Å². The highest BCUT2D eigenvalue weighted by Crippen LogP contribution is 2.17. The average Bonchev–Trinajstić information content (AvgIpc) is 2.83. The highest BCUT2D eigenvalue weighted by molar-refractivity contribution is 7.12. The molecular formula is C12H10N2O2S. The molecule has 0 spiro atoms. The van der Waals surface area contributed by atoms with E-state index in [-0.39, 0.29) is 5.91 Å². The van der Waals surface area contributed by atoms with Gasteiger partial charge in [0.05, 0.1) is 16.1 Å². The summed E-state index contributed by atoms with van der Waals surface area (Å²) in [5, 5.41) is 4.48. The lowest BCUT2D eigenvalue weighted by Crippen LogP contribution is -2.17. The van der Waals surface area contributed by atoms with E-state index in [0.29, 0.717) is 16.1 Å². The topological polar surface area (TPSA) is 72.2 Å². The van der Waals surface area contributed by atoms with Gasteiger partial charge in [-0.05, 0) is 23.6 Å². The zero-order valence-corrected chi connectivity index (χ0v) is 9.66. The van der Waals surface area contributed by atoms with Gasteiger partial charge in [-0.15, -0.1) is 11.3 Å². The van der Waals surface area contributed by atoms with Crippen molar-refractivity contribution < 1.29 is 9.59 Å². The molecule has 2 rings (SSSR count). The maximum Gasteiger partial charge on any atom is 0.265 e. The summed E-state index contributed by atoms with van der Waals surface area (Å²) in [6.45, 7) is 0. The van der Waals surface area contributed by atoms with Crippen molar-refractivity contribution in [1.82, 2.24) is 0 Å². The number of hydrogen-bond acceptors (Lipinski definition) is 3. The Hall–Kier alpha value is -2.14. The molecule has 2 aromatic rings. The van der Waals surface area contributed by atoms with Gasteiger partial charge in [-0.1, -0.05) is 18.2 Å². The van der Waals surface area contributed by atoms with Gasteiger partial charge in [0.1, 0.15) is 0 Å². The molecule has 0 radical (unpaired) electrons. The van der Waals surface area contributed by atoms with Gasteiger partial charge in [0.25, 0.3) is 11.8 Å². The molecule has 0 aliphatic rings. The van der Waals surface area contributed by atoms with Crippen LogP contribution in [0.5, 0.6) is 0 Å². The smallest absolute Gasteiger partial charge is 0.265 e. The van der Waals surface area contributed by atoms with Crippen LogP contribution in [0.15, 0.2) is 41.8 Å². The van der Waals surface area contributed by atoms with Gasteiger partial charge < -0.3 is 11.1 Å². The van der Waals surface area contributed by atoms with Gasteiger partial charge >= 0.3 is 0 Å². The molecule has 0 saturated carbocycles. The number of thiophene rings is 1. The monoisotopic (exact) mass is 246 g/mol. The Morgan fingerprint density at radius 3 is 2.53 bits per heavy atom. The summed E-state index contributed by atoms with van der Waals surface area (Å²) >= 11 is 1.34. The summed E-state index contributed by atoms with van der Waals surface area (Å²) in [4.78, 5) is 23.5. The van der Waals surface area contributed by atoms with E-state index in [0.717, 1.165) is 0 Å². The Kier molecular flexibility index (Phi) is 3.20. The normalized spacial score (nSPS) is 9.88. The van der Waals surface area contributed by atoms with E-state index >= 15 is 0 Å². The van der Waals surface area contributed by atoms with Crippen LogP contribution in [-0.2, 0) is 0 Å². The lowest BCUT2D eigenvalue weighted by atomic mass is 10.1. The van der Waals surface area contributed by atoms with E-state index in [2.05, 4.69) is 5.32 Å². The number of amides is 2. The fourth-order valence-corrected chi connectivity index (χ4v) is 2.02. The van der Waals surface area contributed by atoms with E-state index in [9.17, 15) is 9.59 Å². The highest BCUT2D eigenvalue weighted by atomic mass is 32.1. The third-order valence-electron chi connectivity index (χ3n) is 2.19. The van der Waals surface area contributed by atoms with Gasteiger partial charge in [0, 0.05) is 0 Å². The Bertz CT molecular complexity index is 549. The molecule has 1 aromatic carbocycles. The summed E-state index contributed by atoms with van der Waals surface area (Å²) in [5.41, 5.74) is 5.95. The summed E-state index contributed by atoms with van der Waals surface area (Å²) in [6.07, 6.45) is 0. The second kappa shape index (κ2) is 4.80. The molecule has 86 valence electrons. The molecule has 0 atom stereocenters. The second-order valence-electron chi connectivity index (χ2n) is 3.34. The minimum Gasteiger partial charge on any atom is -0.366 e. The third kappa shape index (κ3) is 2.51. The minimum atomic E-state index is -0.563. The summed E-state index contributed by atoms with van der Waals surface area (Å²) in [5.74, 6) is -0.805. The number of primary amides is 1. The predicted octanol–water partition coefficient (Wildman–Crippen LogP) is 2.10. The van der Waals surface area contributed by atoms with Crippen LogP contribution in [0.1, 0.15) is 20.0 Å². The standard InChI is InChI=1S/C12H10N2O2S/c13-11(15)8-4-1-2-5-9(8)14-12(16)10-6-3-7-17-10/h1-7H,(H2,13,15)(H,14,16). The molecule has 0 aliphatic heterocycles. The lowest BCUT2D eigenvalue weighted by molar-refractivity contribution is 0.100. The molecule has 4 nitrogen and oxygen atoms in total. The molecule has 1 aromatic heterocycles. The first kappa shape index (κ1) is 11.3. The number of anilines is 1. The van der Waals surface area contributed by atoms with E-state index < -0.39 is 5.91 Å². The van der Waals surface area contributed by atoms with Gasteiger partial charge in [-0.25, -0.2) is 0 Å². The molecule has 3 N–H and O–H groups in total. The van der Waals surface area contributed by atoms with E-state index in [1.807, 2.05) is 5.38 Å². The molecule has 0 bridgehead atoms. The lowest BCUT2D eigenvalue weighted by Gasteiger charge is -2.07. The number of rotatable bonds is 3. The van der Waals surface area contributed by atoms with Crippen LogP contribution in [0.25, 0.3) is 0 Å². The zero-order chi connectivity index (χ0) is 12.3. The van der Waals surface area contributed by atoms with E-state index in [1.165, 1.54) is 11.3 Å². The van der Waals surface area contributed by atoms with Crippen molar-refractivity contribution in [2.75, 3.05) is 5.32 Å². The molecular weight excluding hydrogens is 236 g/mol. The van der Waals surface area contributed by atoms with Crippen molar-refractivity contribution in [2.24, 2.45) is 5.73 Å². The fourth-order valence-electron chi connectivity index (χ4n) is 1.40. The number of para-hydroxylation sites is 1. The van der Waals surface area contributed by atoms with Crippen molar-refractivity contribution in [3.05, 3.63) is 52.2 Å². The molecule has 17 heavy (non-hydrogen) atoms. The van der Waals surface area contributed by atoms with Crippen LogP contribution >= 0.6 is 11.3 Å². The highest BCUT2D eigenvalue weighted by Gasteiger charge is 2.11. The summed E-state index contributed by atoms with van der Waals surface area (Å²) in [7, 11) is 0. The molecule has 5 heteroatoms. The Labute approximate surface area is 102 Å². The SMILES string of the molecule is NC(=O)c1ccccc1NC(=O)c1cccs1. The van der Waals surface area contributed by atoms with Crippen molar-refractivity contribution in [2.45, 2.75) is 0 Å². The Morgan fingerprint density at radius 2 is 1.88 bits per heavy atom. The predicted molar refractivity (Wildman–Crippen MR) is 67.2 cm³/mol. The van der Waals surface area contributed by atoms with Crippen LogP contribution in [0.3, 0.4) is 0 Å². The van der Waals surface area contributed by atoms with Crippen LogP contribution in [0.2, 0.25) is 0 Å². The maximum absolute atomic E-state index is 11.8. The number of carbonyl (C=O) groups excluding carboxylic acids is 2. The van der Waals surface area contributed by atoms with Crippen molar-refractivity contribution in [3.63, 3.8) is 0 Å². The number of benzene rings is 1. The summed E-state index contributed by atoms with van der Waals surface area (Å²) in [6, 6.07) is 10.2. The van der Waals surface area contributed by atoms with Gasteiger partial charge in [-0.3, -0.25) is 9.59 Å². The maximum atomic E-state index is 11.8. The van der Waals surface area contributed by atoms with Crippen molar-refractivity contribution in [1.29, 1.82) is 0 Å². The first-order chi connectivity index (χ1) is 8.18. The minimum absolute atomic E-state index is 0.242. The van der Waals surface area contributed by atoms with Crippen LogP contribution in [0.4, 0.5) is 5.69 Å². The van der Waals surface area contributed by atoms with Gasteiger partial charge in [0.2, 0.25) is 0 Å². The Balaban J connectivity index is 2.25. The zero-order valence-electron chi connectivity index (χ0n) is 8.84. The number of carbonyl (C=O) groups is 2. The third-order valence-corrected chi connectivity index (χ3v) is 3.05. The van der Waals surface area contributed by atoms with Crippen LogP contribution in [0, 0.1) is 0 Å².